The molecule has 0 saturated carbocycles. The van der Waals surface area contributed by atoms with Crippen molar-refractivity contribution in [3.63, 3.8) is 0 Å². The lowest BCUT2D eigenvalue weighted by Gasteiger charge is -2.33. The summed E-state index contributed by atoms with van der Waals surface area (Å²) in [7, 11) is 0. The smallest absolute Gasteiger partial charge is 0.407 e. The largest absolute Gasteiger partial charge is 0.450 e. The molecular formula is C19H25N3O3. The normalized spacial score (nSPS) is 17.6. The lowest BCUT2D eigenvalue weighted by Crippen LogP contribution is -2.49. The predicted octanol–water partition coefficient (Wildman–Crippen LogP) is 3.14. The molecule has 0 aliphatic carbocycles. The van der Waals surface area contributed by atoms with E-state index in [-0.39, 0.29) is 11.9 Å². The number of aromatic nitrogens is 1. The van der Waals surface area contributed by atoms with E-state index in [0.717, 1.165) is 29.4 Å². The summed E-state index contributed by atoms with van der Waals surface area (Å²) in [5, 5.41) is 3.92. The number of rotatable bonds is 3. The van der Waals surface area contributed by atoms with Crippen molar-refractivity contribution in [1.82, 2.24) is 15.2 Å². The molecule has 2 heterocycles. The lowest BCUT2D eigenvalue weighted by atomic mass is 10.0. The van der Waals surface area contributed by atoms with E-state index in [1.807, 2.05) is 30.0 Å². The summed E-state index contributed by atoms with van der Waals surface area (Å²) >= 11 is 0. The Balaban J connectivity index is 1.73. The van der Waals surface area contributed by atoms with E-state index in [0.29, 0.717) is 25.3 Å². The Morgan fingerprint density at radius 3 is 2.92 bits per heavy atom. The molecule has 3 rings (SSSR count). The molecule has 2 aromatic rings. The highest BCUT2D eigenvalue weighted by Crippen LogP contribution is 2.23. The van der Waals surface area contributed by atoms with Gasteiger partial charge in [0.25, 0.3) is 5.91 Å². The highest BCUT2D eigenvalue weighted by atomic mass is 16.5. The molecule has 134 valence electrons. The Morgan fingerprint density at radius 1 is 1.36 bits per heavy atom. The number of carbonyl (C=O) groups is 2. The van der Waals surface area contributed by atoms with Gasteiger partial charge in [0.2, 0.25) is 0 Å². The van der Waals surface area contributed by atoms with Crippen LogP contribution in [0.4, 0.5) is 4.79 Å². The molecule has 1 aromatic heterocycles. The fourth-order valence-corrected chi connectivity index (χ4v) is 3.40. The van der Waals surface area contributed by atoms with Crippen molar-refractivity contribution in [3.05, 3.63) is 35.0 Å². The second-order valence-electron chi connectivity index (χ2n) is 6.59. The van der Waals surface area contributed by atoms with Gasteiger partial charge >= 0.3 is 6.09 Å². The van der Waals surface area contributed by atoms with Crippen molar-refractivity contribution >= 4 is 22.9 Å². The fraction of sp³-hybridized carbons (Fsp3) is 0.474. The van der Waals surface area contributed by atoms with E-state index < -0.39 is 6.09 Å². The van der Waals surface area contributed by atoms with Gasteiger partial charge in [-0.1, -0.05) is 0 Å². The zero-order valence-corrected chi connectivity index (χ0v) is 15.0. The Kier molecular flexibility index (Phi) is 4.97. The average Bonchev–Trinajstić information content (AvgIpc) is 2.88. The first-order valence-corrected chi connectivity index (χ1v) is 8.81. The van der Waals surface area contributed by atoms with Crippen LogP contribution < -0.4 is 5.32 Å². The monoisotopic (exact) mass is 343 g/mol. The molecule has 0 spiro atoms. The van der Waals surface area contributed by atoms with Crippen LogP contribution in [-0.4, -0.2) is 47.6 Å². The number of likely N-dealkylation sites (tertiary alicyclic amines) is 1. The first-order valence-electron chi connectivity index (χ1n) is 8.81. The van der Waals surface area contributed by atoms with Crippen LogP contribution in [-0.2, 0) is 4.74 Å². The van der Waals surface area contributed by atoms with Crippen LogP contribution in [0.3, 0.4) is 0 Å². The number of nitrogens with one attached hydrogen (secondary N) is 2. The molecule has 1 aliphatic rings. The van der Waals surface area contributed by atoms with Crippen LogP contribution in [0.2, 0.25) is 0 Å². The lowest BCUT2D eigenvalue weighted by molar-refractivity contribution is 0.0686. The van der Waals surface area contributed by atoms with Gasteiger partial charge in [-0.3, -0.25) is 4.79 Å². The third kappa shape index (κ3) is 3.62. The molecule has 6 heteroatoms. The van der Waals surface area contributed by atoms with Crippen LogP contribution in [0.1, 0.15) is 41.4 Å². The minimum atomic E-state index is -0.415. The van der Waals surface area contributed by atoms with Crippen molar-refractivity contribution in [3.8, 4) is 0 Å². The number of piperidine rings is 1. The van der Waals surface area contributed by atoms with Gasteiger partial charge in [0.15, 0.2) is 0 Å². The number of H-pyrrole nitrogens is 1. The van der Waals surface area contributed by atoms with E-state index in [9.17, 15) is 9.59 Å². The van der Waals surface area contributed by atoms with Gasteiger partial charge in [0.1, 0.15) is 0 Å². The van der Waals surface area contributed by atoms with Crippen LogP contribution in [0, 0.1) is 13.8 Å². The van der Waals surface area contributed by atoms with Crippen molar-refractivity contribution in [2.24, 2.45) is 0 Å². The van der Waals surface area contributed by atoms with Crippen LogP contribution in [0.15, 0.2) is 18.2 Å². The number of ether oxygens (including phenoxy) is 1. The van der Waals surface area contributed by atoms with Crippen molar-refractivity contribution in [2.45, 2.75) is 39.7 Å². The summed E-state index contributed by atoms with van der Waals surface area (Å²) in [6.07, 6.45) is 1.31. The maximum atomic E-state index is 12.9. The van der Waals surface area contributed by atoms with E-state index in [1.54, 1.807) is 6.92 Å². The van der Waals surface area contributed by atoms with Crippen molar-refractivity contribution < 1.29 is 14.3 Å². The maximum Gasteiger partial charge on any atom is 0.407 e. The van der Waals surface area contributed by atoms with Gasteiger partial charge in [-0.15, -0.1) is 0 Å². The summed E-state index contributed by atoms with van der Waals surface area (Å²) in [4.78, 5) is 29.6. The number of amides is 2. The van der Waals surface area contributed by atoms with Crippen molar-refractivity contribution in [1.29, 1.82) is 0 Å². The Labute approximate surface area is 147 Å². The average molecular weight is 343 g/mol. The van der Waals surface area contributed by atoms with Gasteiger partial charge in [0, 0.05) is 41.3 Å². The highest BCUT2D eigenvalue weighted by Gasteiger charge is 2.26. The second kappa shape index (κ2) is 7.17. The third-order valence-electron chi connectivity index (χ3n) is 4.86. The van der Waals surface area contributed by atoms with Crippen LogP contribution in [0.5, 0.6) is 0 Å². The Morgan fingerprint density at radius 2 is 2.16 bits per heavy atom. The molecule has 6 nitrogen and oxygen atoms in total. The predicted molar refractivity (Wildman–Crippen MR) is 96.9 cm³/mol. The van der Waals surface area contributed by atoms with Crippen molar-refractivity contribution in [2.75, 3.05) is 19.7 Å². The molecule has 1 saturated heterocycles. The van der Waals surface area contributed by atoms with Gasteiger partial charge in [-0.2, -0.15) is 0 Å². The van der Waals surface area contributed by atoms with E-state index in [2.05, 4.69) is 17.2 Å². The minimum absolute atomic E-state index is 0.00973. The number of aryl methyl sites for hydroxylation is 2. The van der Waals surface area contributed by atoms with Gasteiger partial charge < -0.3 is 19.9 Å². The summed E-state index contributed by atoms with van der Waals surface area (Å²) in [5.41, 5.74) is 4.03. The first kappa shape index (κ1) is 17.3. The topological polar surface area (TPSA) is 74.4 Å². The number of alkyl carbamates (subject to hydrolysis) is 1. The number of benzene rings is 1. The Bertz CT molecular complexity index is 797. The molecule has 2 N–H and O–H groups in total. The number of hydrogen-bond donors (Lipinski definition) is 2. The molecule has 0 bridgehead atoms. The number of aromatic amines is 1. The number of fused-ring (bicyclic) bond motifs is 1. The Hall–Kier alpha value is -2.50. The third-order valence-corrected chi connectivity index (χ3v) is 4.86. The van der Waals surface area contributed by atoms with Crippen LogP contribution >= 0.6 is 0 Å². The van der Waals surface area contributed by atoms with Gasteiger partial charge in [-0.05, 0) is 57.4 Å². The standard InChI is InChI=1S/C19H25N3O3/c1-4-25-19(24)21-15-6-5-9-22(11-15)18(23)14-7-8-17-16(10-14)12(2)13(3)20-17/h7-8,10,15,20H,4-6,9,11H2,1-3H3,(H,21,24)/t15-/m1/s1. The second-order valence-corrected chi connectivity index (χ2v) is 6.59. The first-order chi connectivity index (χ1) is 12.0. The molecule has 1 fully saturated rings. The zero-order chi connectivity index (χ0) is 18.0. The fourth-order valence-electron chi connectivity index (χ4n) is 3.40. The molecule has 1 aromatic carbocycles. The molecule has 0 unspecified atom stereocenters. The number of nitrogens with zero attached hydrogens (tertiary/aromatic N) is 1. The summed E-state index contributed by atoms with van der Waals surface area (Å²) in [6, 6.07) is 5.72. The molecule has 1 aliphatic heterocycles. The van der Waals surface area contributed by atoms with Crippen LogP contribution in [0.25, 0.3) is 10.9 Å². The SMILES string of the molecule is CCOC(=O)N[C@@H]1CCCN(C(=O)c2ccc3[nH]c(C)c(C)c3c2)C1. The summed E-state index contributed by atoms with van der Waals surface area (Å²) in [6.45, 7) is 7.44. The summed E-state index contributed by atoms with van der Waals surface area (Å²) < 4.78 is 4.93. The molecule has 1 atom stereocenters. The van der Waals surface area contributed by atoms with E-state index >= 15 is 0 Å². The minimum Gasteiger partial charge on any atom is -0.450 e. The molecule has 0 radical (unpaired) electrons. The molecule has 2 amide bonds. The number of hydrogen-bond acceptors (Lipinski definition) is 3. The molecule has 25 heavy (non-hydrogen) atoms. The number of carbonyl (C=O) groups excluding carboxylic acids is 2. The maximum absolute atomic E-state index is 12.9. The summed E-state index contributed by atoms with van der Waals surface area (Å²) in [5.74, 6) is 0.00973. The molecular weight excluding hydrogens is 318 g/mol. The highest BCUT2D eigenvalue weighted by molar-refractivity contribution is 5.99. The van der Waals surface area contributed by atoms with Gasteiger partial charge in [0.05, 0.1) is 6.61 Å². The zero-order valence-electron chi connectivity index (χ0n) is 15.0. The van der Waals surface area contributed by atoms with Gasteiger partial charge in [-0.25, -0.2) is 4.79 Å². The van der Waals surface area contributed by atoms with E-state index in [1.165, 1.54) is 5.56 Å². The quantitative estimate of drug-likeness (QED) is 0.899. The van der Waals surface area contributed by atoms with E-state index in [4.69, 9.17) is 4.74 Å².